The Morgan fingerprint density at radius 3 is 2.83 bits per heavy atom. The van der Waals surface area contributed by atoms with Crippen molar-refractivity contribution < 1.29 is 18.5 Å². The van der Waals surface area contributed by atoms with Crippen LogP contribution in [0.4, 0.5) is 0 Å². The first-order chi connectivity index (χ1) is 14.0. The van der Waals surface area contributed by atoms with Gasteiger partial charge < -0.3 is 19.0 Å². The summed E-state index contributed by atoms with van der Waals surface area (Å²) in [4.78, 5) is 20.0. The average Bonchev–Trinajstić information content (AvgIpc) is 3.42. The second kappa shape index (κ2) is 7.96. The first kappa shape index (κ1) is 19.6. The van der Waals surface area contributed by atoms with Crippen LogP contribution in [0.25, 0.3) is 22.6 Å². The van der Waals surface area contributed by atoms with E-state index in [4.69, 9.17) is 13.7 Å². The Labute approximate surface area is 169 Å². The molecular weight excluding hydrogens is 372 g/mol. The minimum atomic E-state index is -0.176. The van der Waals surface area contributed by atoms with Gasteiger partial charge in [0.1, 0.15) is 5.69 Å². The zero-order valence-corrected chi connectivity index (χ0v) is 17.0. The summed E-state index contributed by atoms with van der Waals surface area (Å²) in [6.07, 6.45) is 2.49. The van der Waals surface area contributed by atoms with E-state index in [0.717, 1.165) is 32.7 Å². The van der Waals surface area contributed by atoms with Gasteiger partial charge in [0, 0.05) is 25.2 Å². The number of pyridine rings is 1. The first-order valence-electron chi connectivity index (χ1n) is 9.94. The number of rotatable bonds is 6. The van der Waals surface area contributed by atoms with Gasteiger partial charge in [0.05, 0.1) is 36.1 Å². The summed E-state index contributed by atoms with van der Waals surface area (Å²) in [5.74, 6) is 0.395. The highest BCUT2D eigenvalue weighted by molar-refractivity contribution is 6.06. The first-order valence-corrected chi connectivity index (χ1v) is 9.94. The molecule has 1 aliphatic rings. The molecular formula is C21H26N4O4. The average molecular weight is 398 g/mol. The van der Waals surface area contributed by atoms with E-state index in [1.54, 1.807) is 31.4 Å². The molecule has 4 rings (SSSR count). The number of aryl methyl sites for hydroxylation is 1. The number of carbonyl (C=O) groups is 1. The van der Waals surface area contributed by atoms with Crippen molar-refractivity contribution >= 4 is 17.0 Å². The SMILES string of the molecule is CCC(C)(CNC(=O)c1cc(-c2ccco2)nc2onc(C)c12)N1CCOCC1. The summed E-state index contributed by atoms with van der Waals surface area (Å²) in [5.41, 5.74) is 1.85. The van der Waals surface area contributed by atoms with Crippen LogP contribution < -0.4 is 5.32 Å². The summed E-state index contributed by atoms with van der Waals surface area (Å²) in [6, 6.07) is 5.31. The molecule has 0 radical (unpaired) electrons. The zero-order valence-electron chi connectivity index (χ0n) is 17.0. The van der Waals surface area contributed by atoms with Crippen LogP contribution in [0, 0.1) is 6.92 Å². The normalized spacial score (nSPS) is 17.3. The molecule has 1 amide bonds. The molecule has 1 aliphatic heterocycles. The topological polar surface area (TPSA) is 93.6 Å². The molecule has 0 bridgehead atoms. The number of fused-ring (bicyclic) bond motifs is 1. The van der Waals surface area contributed by atoms with Crippen molar-refractivity contribution in [3.8, 4) is 11.5 Å². The van der Waals surface area contributed by atoms with Gasteiger partial charge in [-0.3, -0.25) is 9.69 Å². The van der Waals surface area contributed by atoms with Crippen molar-refractivity contribution in [2.24, 2.45) is 0 Å². The highest BCUT2D eigenvalue weighted by Gasteiger charge is 2.32. The monoisotopic (exact) mass is 398 g/mol. The van der Waals surface area contributed by atoms with E-state index in [2.05, 4.69) is 34.2 Å². The molecule has 8 heteroatoms. The summed E-state index contributed by atoms with van der Waals surface area (Å²) in [6.45, 7) is 9.85. The van der Waals surface area contributed by atoms with Crippen LogP contribution in [0.1, 0.15) is 36.3 Å². The van der Waals surface area contributed by atoms with Gasteiger partial charge in [0.2, 0.25) is 0 Å². The van der Waals surface area contributed by atoms with Crippen LogP contribution in [0.2, 0.25) is 0 Å². The van der Waals surface area contributed by atoms with Crippen LogP contribution in [-0.4, -0.2) is 59.3 Å². The lowest BCUT2D eigenvalue weighted by Gasteiger charge is -2.43. The maximum absolute atomic E-state index is 13.2. The van der Waals surface area contributed by atoms with Crippen LogP contribution in [0.3, 0.4) is 0 Å². The number of aromatic nitrogens is 2. The van der Waals surface area contributed by atoms with Crippen molar-refractivity contribution in [3.63, 3.8) is 0 Å². The molecule has 8 nitrogen and oxygen atoms in total. The highest BCUT2D eigenvalue weighted by atomic mass is 16.5. The lowest BCUT2D eigenvalue weighted by Crippen LogP contribution is -2.56. The van der Waals surface area contributed by atoms with Crippen molar-refractivity contribution in [2.75, 3.05) is 32.8 Å². The maximum atomic E-state index is 13.2. The number of hydrogen-bond acceptors (Lipinski definition) is 7. The van der Waals surface area contributed by atoms with Gasteiger partial charge in [-0.05, 0) is 38.5 Å². The number of morpholine rings is 1. The van der Waals surface area contributed by atoms with E-state index in [0.29, 0.717) is 40.4 Å². The fraction of sp³-hybridized carbons (Fsp3) is 0.476. The zero-order chi connectivity index (χ0) is 20.4. The lowest BCUT2D eigenvalue weighted by molar-refractivity contribution is -0.0169. The molecule has 4 heterocycles. The standard InChI is InChI=1S/C21H26N4O4/c1-4-21(3,25-7-10-27-11-8-25)13-22-19(26)15-12-16(17-6-5-9-28-17)23-20-18(15)14(2)24-29-20/h5-6,9,12H,4,7-8,10-11,13H2,1-3H3,(H,22,26). The molecule has 1 N–H and O–H groups in total. The van der Waals surface area contributed by atoms with Gasteiger partial charge in [0.25, 0.3) is 11.6 Å². The smallest absolute Gasteiger partial charge is 0.259 e. The van der Waals surface area contributed by atoms with E-state index in [1.165, 1.54) is 0 Å². The van der Waals surface area contributed by atoms with E-state index >= 15 is 0 Å². The van der Waals surface area contributed by atoms with Gasteiger partial charge in [-0.25, -0.2) is 4.98 Å². The summed E-state index contributed by atoms with van der Waals surface area (Å²) in [7, 11) is 0. The number of ether oxygens (including phenoxy) is 1. The maximum Gasteiger partial charge on any atom is 0.259 e. The van der Waals surface area contributed by atoms with Crippen LogP contribution >= 0.6 is 0 Å². The minimum absolute atomic E-state index is 0.140. The Morgan fingerprint density at radius 2 is 2.14 bits per heavy atom. The third-order valence-electron chi connectivity index (χ3n) is 5.80. The van der Waals surface area contributed by atoms with Gasteiger partial charge in [-0.2, -0.15) is 0 Å². The summed E-state index contributed by atoms with van der Waals surface area (Å²) in [5, 5.41) is 7.74. The molecule has 1 unspecified atom stereocenters. The van der Waals surface area contributed by atoms with E-state index in [9.17, 15) is 4.79 Å². The second-order valence-corrected chi connectivity index (χ2v) is 7.61. The Hall–Kier alpha value is -2.71. The van der Waals surface area contributed by atoms with Gasteiger partial charge in [0.15, 0.2) is 5.76 Å². The molecule has 154 valence electrons. The lowest BCUT2D eigenvalue weighted by atomic mass is 9.95. The predicted molar refractivity (Wildman–Crippen MR) is 108 cm³/mol. The molecule has 1 fully saturated rings. The molecule has 3 aromatic rings. The van der Waals surface area contributed by atoms with E-state index in [1.807, 2.05) is 0 Å². The van der Waals surface area contributed by atoms with Gasteiger partial charge in [-0.1, -0.05) is 12.1 Å². The van der Waals surface area contributed by atoms with Crippen molar-refractivity contribution in [1.82, 2.24) is 20.4 Å². The molecule has 0 saturated carbocycles. The third-order valence-corrected chi connectivity index (χ3v) is 5.80. The number of nitrogens with zero attached hydrogens (tertiary/aromatic N) is 3. The second-order valence-electron chi connectivity index (χ2n) is 7.61. The number of furan rings is 1. The molecule has 0 aliphatic carbocycles. The molecule has 0 spiro atoms. The summed E-state index contributed by atoms with van der Waals surface area (Å²) < 4.78 is 16.3. The molecule has 1 saturated heterocycles. The Kier molecular flexibility index (Phi) is 5.38. The minimum Gasteiger partial charge on any atom is -0.463 e. The van der Waals surface area contributed by atoms with Crippen LogP contribution in [0.15, 0.2) is 33.4 Å². The highest BCUT2D eigenvalue weighted by Crippen LogP contribution is 2.27. The number of nitrogens with one attached hydrogen (secondary N) is 1. The third kappa shape index (κ3) is 3.77. The van der Waals surface area contributed by atoms with Crippen molar-refractivity contribution in [1.29, 1.82) is 0 Å². The van der Waals surface area contributed by atoms with E-state index in [-0.39, 0.29) is 11.4 Å². The van der Waals surface area contributed by atoms with Crippen LogP contribution in [-0.2, 0) is 4.74 Å². The van der Waals surface area contributed by atoms with Crippen molar-refractivity contribution in [3.05, 3.63) is 35.7 Å². The molecule has 1 atom stereocenters. The largest absolute Gasteiger partial charge is 0.463 e. The van der Waals surface area contributed by atoms with Gasteiger partial charge in [-0.15, -0.1) is 0 Å². The fourth-order valence-electron chi connectivity index (χ4n) is 3.75. The molecule has 29 heavy (non-hydrogen) atoms. The van der Waals surface area contributed by atoms with E-state index < -0.39 is 0 Å². The van der Waals surface area contributed by atoms with Crippen molar-refractivity contribution in [2.45, 2.75) is 32.7 Å². The summed E-state index contributed by atoms with van der Waals surface area (Å²) >= 11 is 0. The number of amides is 1. The predicted octanol–water partition coefficient (Wildman–Crippen LogP) is 3.02. The number of carbonyl (C=O) groups excluding carboxylic acids is 1. The Bertz CT molecular complexity index is 992. The van der Waals surface area contributed by atoms with Gasteiger partial charge >= 0.3 is 0 Å². The fourth-order valence-corrected chi connectivity index (χ4v) is 3.75. The Morgan fingerprint density at radius 1 is 1.34 bits per heavy atom. The molecule has 0 aromatic carbocycles. The Balaban J connectivity index is 1.61. The molecule has 3 aromatic heterocycles. The quantitative estimate of drug-likeness (QED) is 0.682. The number of hydrogen-bond donors (Lipinski definition) is 1. The van der Waals surface area contributed by atoms with Crippen LogP contribution in [0.5, 0.6) is 0 Å².